The average Bonchev–Trinajstić information content (AvgIpc) is 2.53. The molecule has 1 aliphatic carbocycles. The third kappa shape index (κ3) is 5.50. The molecular formula is C18H29NO3S. The molecule has 1 aromatic carbocycles. The minimum atomic E-state index is -3.27. The molecule has 1 N–H and O–H groups in total. The average molecular weight is 340 g/mol. The lowest BCUT2D eigenvalue weighted by Crippen LogP contribution is -2.35. The summed E-state index contributed by atoms with van der Waals surface area (Å²) >= 11 is 0. The third-order valence-corrected chi connectivity index (χ3v) is 6.15. The van der Waals surface area contributed by atoms with Crippen molar-refractivity contribution < 1.29 is 13.2 Å². The van der Waals surface area contributed by atoms with Crippen LogP contribution in [0.3, 0.4) is 0 Å². The highest BCUT2D eigenvalue weighted by Gasteiger charge is 2.26. The van der Waals surface area contributed by atoms with Gasteiger partial charge in [0, 0.05) is 6.04 Å². The summed E-state index contributed by atoms with van der Waals surface area (Å²) in [6, 6.07) is 7.43. The largest absolute Gasteiger partial charge is 0.497 e. The van der Waals surface area contributed by atoms with Gasteiger partial charge in [-0.3, -0.25) is 0 Å². The molecule has 0 bridgehead atoms. The highest BCUT2D eigenvalue weighted by atomic mass is 32.2. The van der Waals surface area contributed by atoms with Crippen molar-refractivity contribution in [2.45, 2.75) is 52.0 Å². The molecule has 0 heterocycles. The van der Waals surface area contributed by atoms with Crippen LogP contribution in [0.1, 0.15) is 57.6 Å². The number of rotatable bonds is 7. The maximum Gasteiger partial charge on any atom is 0.212 e. The van der Waals surface area contributed by atoms with Gasteiger partial charge in [0.25, 0.3) is 0 Å². The number of hydrogen-bond donors (Lipinski definition) is 1. The first-order valence-electron chi connectivity index (χ1n) is 8.55. The Morgan fingerprint density at radius 3 is 2.26 bits per heavy atom. The van der Waals surface area contributed by atoms with E-state index in [1.807, 2.05) is 38.1 Å². The van der Waals surface area contributed by atoms with Crippen molar-refractivity contribution >= 4 is 10.0 Å². The Kier molecular flexibility index (Phi) is 6.48. The second-order valence-electron chi connectivity index (χ2n) is 6.90. The van der Waals surface area contributed by atoms with Gasteiger partial charge in [-0.1, -0.05) is 45.2 Å². The van der Waals surface area contributed by atoms with Gasteiger partial charge in [-0.2, -0.15) is 0 Å². The molecule has 0 radical (unpaired) electrons. The second-order valence-corrected chi connectivity index (χ2v) is 8.70. The van der Waals surface area contributed by atoms with Crippen LogP contribution in [0.25, 0.3) is 0 Å². The summed E-state index contributed by atoms with van der Waals surface area (Å²) < 4.78 is 33.2. The van der Waals surface area contributed by atoms with Gasteiger partial charge in [0.2, 0.25) is 10.0 Å². The van der Waals surface area contributed by atoms with Crippen LogP contribution >= 0.6 is 0 Å². The molecule has 1 saturated carbocycles. The minimum Gasteiger partial charge on any atom is -0.497 e. The second kappa shape index (κ2) is 8.15. The van der Waals surface area contributed by atoms with E-state index in [9.17, 15) is 8.42 Å². The number of sulfonamides is 1. The lowest BCUT2D eigenvalue weighted by Gasteiger charge is -2.26. The van der Waals surface area contributed by atoms with Crippen LogP contribution in [0, 0.1) is 11.8 Å². The van der Waals surface area contributed by atoms with Crippen molar-refractivity contribution in [3.8, 4) is 5.75 Å². The summed E-state index contributed by atoms with van der Waals surface area (Å²) in [4.78, 5) is 0. The third-order valence-electron chi connectivity index (χ3n) is 4.63. The van der Waals surface area contributed by atoms with Gasteiger partial charge in [-0.05, 0) is 42.4 Å². The van der Waals surface area contributed by atoms with E-state index in [1.54, 1.807) is 7.11 Å². The summed E-state index contributed by atoms with van der Waals surface area (Å²) in [6.45, 7) is 4.08. The first-order chi connectivity index (χ1) is 10.9. The van der Waals surface area contributed by atoms with Crippen LogP contribution in [0.5, 0.6) is 5.75 Å². The highest BCUT2D eigenvalue weighted by molar-refractivity contribution is 7.89. The number of ether oxygens (including phenoxy) is 1. The van der Waals surface area contributed by atoms with Crippen LogP contribution in [0.2, 0.25) is 0 Å². The van der Waals surface area contributed by atoms with Crippen molar-refractivity contribution in [2.24, 2.45) is 11.8 Å². The van der Waals surface area contributed by atoms with Crippen molar-refractivity contribution in [3.63, 3.8) is 0 Å². The number of benzene rings is 1. The summed E-state index contributed by atoms with van der Waals surface area (Å²) in [6.07, 6.45) is 5.63. The van der Waals surface area contributed by atoms with E-state index in [2.05, 4.69) is 4.72 Å². The fourth-order valence-corrected chi connectivity index (χ4v) is 5.15. The molecule has 0 aromatic heterocycles. The molecule has 0 amide bonds. The van der Waals surface area contributed by atoms with Gasteiger partial charge in [0.15, 0.2) is 0 Å². The zero-order valence-corrected chi connectivity index (χ0v) is 15.2. The molecule has 1 aliphatic rings. The van der Waals surface area contributed by atoms with Crippen molar-refractivity contribution in [2.75, 3.05) is 12.9 Å². The Morgan fingerprint density at radius 1 is 1.13 bits per heavy atom. The van der Waals surface area contributed by atoms with Gasteiger partial charge in [-0.25, -0.2) is 13.1 Å². The van der Waals surface area contributed by atoms with Gasteiger partial charge in [0.05, 0.1) is 12.9 Å². The lowest BCUT2D eigenvalue weighted by molar-refractivity contribution is 0.380. The van der Waals surface area contributed by atoms with Crippen molar-refractivity contribution in [1.29, 1.82) is 0 Å². The SMILES string of the molecule is COc1ccc([C@H](NS(=O)(=O)CC2CCCCC2)C(C)C)cc1. The first-order valence-corrected chi connectivity index (χ1v) is 10.2. The molecule has 1 atom stereocenters. The van der Waals surface area contributed by atoms with Gasteiger partial charge >= 0.3 is 0 Å². The quantitative estimate of drug-likeness (QED) is 0.820. The molecule has 130 valence electrons. The van der Waals surface area contributed by atoms with Crippen LogP contribution in [0.15, 0.2) is 24.3 Å². The van der Waals surface area contributed by atoms with E-state index in [1.165, 1.54) is 6.42 Å². The molecule has 5 heteroatoms. The van der Waals surface area contributed by atoms with Gasteiger partial charge in [0.1, 0.15) is 5.75 Å². The van der Waals surface area contributed by atoms with E-state index < -0.39 is 10.0 Å². The maximum absolute atomic E-state index is 12.6. The summed E-state index contributed by atoms with van der Waals surface area (Å²) in [5, 5.41) is 0. The van der Waals surface area contributed by atoms with Gasteiger partial charge < -0.3 is 4.74 Å². The number of hydrogen-bond acceptors (Lipinski definition) is 3. The van der Waals surface area contributed by atoms with Gasteiger partial charge in [-0.15, -0.1) is 0 Å². The fraction of sp³-hybridized carbons (Fsp3) is 0.667. The van der Waals surface area contributed by atoms with E-state index in [4.69, 9.17) is 4.74 Å². The molecule has 0 aliphatic heterocycles. The van der Waals surface area contributed by atoms with Crippen LogP contribution in [-0.4, -0.2) is 21.3 Å². The first kappa shape index (κ1) is 18.3. The fourth-order valence-electron chi connectivity index (χ4n) is 3.31. The monoisotopic (exact) mass is 339 g/mol. The summed E-state index contributed by atoms with van der Waals surface area (Å²) in [7, 11) is -1.64. The molecule has 23 heavy (non-hydrogen) atoms. The topological polar surface area (TPSA) is 55.4 Å². The van der Waals surface area contributed by atoms with Crippen molar-refractivity contribution in [3.05, 3.63) is 29.8 Å². The van der Waals surface area contributed by atoms with E-state index in [-0.39, 0.29) is 17.7 Å². The Balaban J connectivity index is 2.07. The zero-order chi connectivity index (χ0) is 16.9. The molecule has 2 rings (SSSR count). The molecule has 0 unspecified atom stereocenters. The van der Waals surface area contributed by atoms with Crippen LogP contribution in [0.4, 0.5) is 0 Å². The zero-order valence-electron chi connectivity index (χ0n) is 14.4. The Hall–Kier alpha value is -1.07. The Bertz CT molecular complexity index is 575. The minimum absolute atomic E-state index is 0.185. The summed E-state index contributed by atoms with van der Waals surface area (Å²) in [5.74, 6) is 1.53. The predicted molar refractivity (Wildman–Crippen MR) is 94.1 cm³/mol. The molecule has 1 fully saturated rings. The van der Waals surface area contributed by atoms with Crippen LogP contribution in [-0.2, 0) is 10.0 Å². The Labute approximate surface area is 140 Å². The summed E-state index contributed by atoms with van der Waals surface area (Å²) in [5.41, 5.74) is 0.980. The smallest absolute Gasteiger partial charge is 0.212 e. The Morgan fingerprint density at radius 2 is 1.74 bits per heavy atom. The van der Waals surface area contributed by atoms with E-state index in [0.717, 1.165) is 37.0 Å². The van der Waals surface area contributed by atoms with Crippen LogP contribution < -0.4 is 9.46 Å². The predicted octanol–water partition coefficient (Wildman–Crippen LogP) is 3.89. The lowest BCUT2D eigenvalue weighted by atomic mass is 9.91. The standard InChI is InChI=1S/C18H29NO3S/c1-14(2)18(16-9-11-17(22-3)12-10-16)19-23(20,21)13-15-7-5-4-6-8-15/h9-12,14-15,18-19H,4-8,13H2,1-3H3/t18-/m1/s1. The van der Waals surface area contributed by atoms with E-state index >= 15 is 0 Å². The van der Waals surface area contributed by atoms with Crippen molar-refractivity contribution in [1.82, 2.24) is 4.72 Å². The number of methoxy groups -OCH3 is 1. The number of nitrogens with one attached hydrogen (secondary N) is 1. The van der Waals surface area contributed by atoms with E-state index in [0.29, 0.717) is 5.92 Å². The molecule has 4 nitrogen and oxygen atoms in total. The molecule has 0 spiro atoms. The molecular weight excluding hydrogens is 310 g/mol. The molecule has 0 saturated heterocycles. The maximum atomic E-state index is 12.6. The normalized spacial score (nSPS) is 18.1. The highest BCUT2D eigenvalue weighted by Crippen LogP contribution is 2.28. The molecule has 1 aromatic rings.